The number of amides is 6. The van der Waals surface area contributed by atoms with Gasteiger partial charge in [0.15, 0.2) is 0 Å². The van der Waals surface area contributed by atoms with Crippen molar-refractivity contribution in [2.45, 2.75) is 0 Å². The Kier molecular flexibility index (Phi) is 10.0. The standard InChI is InChI=1S/C27H33N6O7P/c1-31(2)25(34)28-19-7-13-22(14-8-19)38-41(37,39-23-15-9-20(10-16-23)29-26(35)32(3)4)40-24-17-11-21(12-18-24)30-27(36)33(5)6/h7-18H,1-6H3,(H,28,34)(H,29,35)(H,30,36). The summed E-state index contributed by atoms with van der Waals surface area (Å²) < 4.78 is 31.0. The first-order chi connectivity index (χ1) is 19.3. The van der Waals surface area contributed by atoms with Crippen molar-refractivity contribution >= 4 is 43.0 Å². The molecule has 218 valence electrons. The van der Waals surface area contributed by atoms with Crippen LogP contribution in [-0.2, 0) is 4.57 Å². The second-order valence-corrected chi connectivity index (χ2v) is 10.7. The van der Waals surface area contributed by atoms with Crippen LogP contribution in [0.3, 0.4) is 0 Å². The number of nitrogens with zero attached hydrogens (tertiary/aromatic N) is 3. The number of phosphoric acid groups is 1. The van der Waals surface area contributed by atoms with E-state index in [0.29, 0.717) is 17.1 Å². The van der Waals surface area contributed by atoms with Gasteiger partial charge in [0.05, 0.1) is 0 Å². The van der Waals surface area contributed by atoms with Gasteiger partial charge in [-0.3, -0.25) is 0 Å². The maximum absolute atomic E-state index is 13.9. The second kappa shape index (κ2) is 13.4. The molecule has 14 heteroatoms. The average molecular weight is 585 g/mol. The summed E-state index contributed by atoms with van der Waals surface area (Å²) in [7, 11) is 5.34. The van der Waals surface area contributed by atoms with Crippen molar-refractivity contribution in [3.8, 4) is 17.2 Å². The molecular weight excluding hydrogens is 551 g/mol. The smallest absolute Gasteiger partial charge is 0.386 e. The molecule has 0 spiro atoms. The molecule has 0 fully saturated rings. The molecule has 0 aromatic heterocycles. The molecule has 3 aromatic carbocycles. The number of nitrogens with one attached hydrogen (secondary N) is 3. The van der Waals surface area contributed by atoms with E-state index in [1.54, 1.807) is 78.7 Å². The Hall–Kier alpha value is -4.90. The maximum Gasteiger partial charge on any atom is 0.647 e. The number of anilines is 3. The Balaban J connectivity index is 1.81. The van der Waals surface area contributed by atoms with Crippen LogP contribution in [0.4, 0.5) is 31.4 Å². The Morgan fingerprint density at radius 1 is 0.488 bits per heavy atom. The number of carbonyl (C=O) groups is 3. The Morgan fingerprint density at radius 3 is 0.902 bits per heavy atom. The minimum atomic E-state index is -4.35. The van der Waals surface area contributed by atoms with Gasteiger partial charge in [-0.1, -0.05) is 0 Å². The highest BCUT2D eigenvalue weighted by molar-refractivity contribution is 7.49. The first-order valence-corrected chi connectivity index (χ1v) is 13.7. The summed E-state index contributed by atoms with van der Waals surface area (Å²) in [6, 6.07) is 17.5. The van der Waals surface area contributed by atoms with Crippen LogP contribution in [0.5, 0.6) is 17.2 Å². The molecule has 0 bridgehead atoms. The summed E-state index contributed by atoms with van der Waals surface area (Å²) in [5.41, 5.74) is 1.50. The normalized spacial score (nSPS) is 10.6. The van der Waals surface area contributed by atoms with Crippen LogP contribution in [0, 0.1) is 0 Å². The van der Waals surface area contributed by atoms with Crippen LogP contribution >= 0.6 is 7.82 Å². The largest absolute Gasteiger partial charge is 0.647 e. The lowest BCUT2D eigenvalue weighted by Gasteiger charge is -2.20. The van der Waals surface area contributed by atoms with E-state index in [4.69, 9.17) is 13.6 Å². The van der Waals surface area contributed by atoms with Gasteiger partial charge in [-0.15, -0.1) is 0 Å². The number of hydrogen-bond acceptors (Lipinski definition) is 7. The molecule has 3 rings (SSSR count). The molecule has 0 unspecified atom stereocenters. The molecule has 3 N–H and O–H groups in total. The van der Waals surface area contributed by atoms with E-state index in [2.05, 4.69) is 16.0 Å². The molecule has 13 nitrogen and oxygen atoms in total. The van der Waals surface area contributed by atoms with E-state index < -0.39 is 7.82 Å². The predicted octanol–water partition coefficient (Wildman–Crippen LogP) is 5.61. The second-order valence-electron chi connectivity index (χ2n) is 9.27. The molecule has 0 radical (unpaired) electrons. The van der Waals surface area contributed by atoms with E-state index >= 15 is 0 Å². The van der Waals surface area contributed by atoms with Crippen molar-refractivity contribution in [1.82, 2.24) is 14.7 Å². The van der Waals surface area contributed by atoms with E-state index in [0.717, 1.165) is 0 Å². The number of rotatable bonds is 9. The minimum Gasteiger partial charge on any atom is -0.386 e. The summed E-state index contributed by atoms with van der Waals surface area (Å²) in [6.45, 7) is 0. The Bertz CT molecular complexity index is 1230. The topological polar surface area (TPSA) is 142 Å². The van der Waals surface area contributed by atoms with Crippen LogP contribution < -0.4 is 29.5 Å². The number of hydrogen-bond donors (Lipinski definition) is 3. The molecule has 0 saturated heterocycles. The van der Waals surface area contributed by atoms with E-state index in [1.807, 2.05) is 0 Å². The molecule has 41 heavy (non-hydrogen) atoms. The molecule has 0 aliphatic carbocycles. The summed E-state index contributed by atoms with van der Waals surface area (Å²) in [5, 5.41) is 8.09. The molecule has 0 aliphatic heterocycles. The third-order valence-electron chi connectivity index (χ3n) is 5.19. The van der Waals surface area contributed by atoms with Gasteiger partial charge in [-0.25, -0.2) is 14.4 Å². The van der Waals surface area contributed by atoms with Crippen molar-refractivity contribution < 1.29 is 32.5 Å². The summed E-state index contributed by atoms with van der Waals surface area (Å²) in [5.74, 6) is 0.461. The fourth-order valence-corrected chi connectivity index (χ4v) is 4.20. The number of benzene rings is 3. The Morgan fingerprint density at radius 2 is 0.707 bits per heavy atom. The maximum atomic E-state index is 13.9. The molecule has 3 aromatic rings. The molecule has 0 aliphatic rings. The molecular formula is C27H33N6O7P. The first kappa shape index (κ1) is 30.6. The van der Waals surface area contributed by atoms with Crippen LogP contribution in [-0.4, -0.2) is 75.1 Å². The van der Waals surface area contributed by atoms with Crippen LogP contribution in [0.1, 0.15) is 0 Å². The lowest BCUT2D eigenvalue weighted by Crippen LogP contribution is -2.27. The van der Waals surface area contributed by atoms with Crippen LogP contribution in [0.15, 0.2) is 72.8 Å². The molecule has 0 atom stereocenters. The van der Waals surface area contributed by atoms with Crippen molar-refractivity contribution in [3.63, 3.8) is 0 Å². The van der Waals surface area contributed by atoms with Gasteiger partial charge in [0.25, 0.3) is 0 Å². The zero-order valence-corrected chi connectivity index (χ0v) is 24.5. The van der Waals surface area contributed by atoms with Gasteiger partial charge in [-0.2, -0.15) is 4.57 Å². The van der Waals surface area contributed by atoms with Gasteiger partial charge in [0.2, 0.25) is 0 Å². The fourth-order valence-electron chi connectivity index (χ4n) is 2.95. The van der Waals surface area contributed by atoms with E-state index in [1.165, 1.54) is 51.1 Å². The quantitative estimate of drug-likeness (QED) is 0.278. The highest BCUT2D eigenvalue weighted by Gasteiger charge is 2.33. The van der Waals surface area contributed by atoms with Gasteiger partial charge in [0, 0.05) is 59.3 Å². The number of urea groups is 3. The Labute approximate surface area is 238 Å². The number of carbonyl (C=O) groups excluding carboxylic acids is 3. The van der Waals surface area contributed by atoms with Crippen LogP contribution in [0.2, 0.25) is 0 Å². The summed E-state index contributed by atoms with van der Waals surface area (Å²) in [6.07, 6.45) is 0. The van der Waals surface area contributed by atoms with Crippen molar-refractivity contribution in [3.05, 3.63) is 72.8 Å². The predicted molar refractivity (Wildman–Crippen MR) is 157 cm³/mol. The van der Waals surface area contributed by atoms with Gasteiger partial charge < -0.3 is 44.2 Å². The highest BCUT2D eigenvalue weighted by Crippen LogP contribution is 2.50. The summed E-state index contributed by atoms with van der Waals surface area (Å²) >= 11 is 0. The first-order valence-electron chi connectivity index (χ1n) is 12.3. The molecule has 0 saturated carbocycles. The highest BCUT2D eigenvalue weighted by atomic mass is 31.2. The van der Waals surface area contributed by atoms with E-state index in [-0.39, 0.29) is 35.3 Å². The van der Waals surface area contributed by atoms with Crippen molar-refractivity contribution in [1.29, 1.82) is 0 Å². The van der Waals surface area contributed by atoms with Crippen LogP contribution in [0.25, 0.3) is 0 Å². The molecule has 6 amide bonds. The van der Waals surface area contributed by atoms with Gasteiger partial charge >= 0.3 is 25.9 Å². The third kappa shape index (κ3) is 9.36. The molecule has 0 heterocycles. The zero-order valence-electron chi connectivity index (χ0n) is 23.6. The third-order valence-corrected chi connectivity index (χ3v) is 6.49. The van der Waals surface area contributed by atoms with Crippen molar-refractivity contribution in [2.75, 3.05) is 58.2 Å². The minimum absolute atomic E-state index is 0.154. The monoisotopic (exact) mass is 584 g/mol. The lowest BCUT2D eigenvalue weighted by atomic mass is 10.3. The SMILES string of the molecule is CN(C)C(=O)Nc1ccc(OP(=O)(Oc2ccc(NC(=O)N(C)C)cc2)Oc2ccc(NC(=O)N(C)C)cc2)cc1. The van der Waals surface area contributed by atoms with Crippen molar-refractivity contribution in [2.24, 2.45) is 0 Å². The fraction of sp³-hybridized carbons (Fsp3) is 0.222. The number of phosphoric ester groups is 1. The lowest BCUT2D eigenvalue weighted by molar-refractivity contribution is 0.230. The van der Waals surface area contributed by atoms with Gasteiger partial charge in [0.1, 0.15) is 17.2 Å². The van der Waals surface area contributed by atoms with E-state index in [9.17, 15) is 18.9 Å². The zero-order chi connectivity index (χ0) is 30.2. The average Bonchev–Trinajstić information content (AvgIpc) is 2.91. The van der Waals surface area contributed by atoms with Gasteiger partial charge in [-0.05, 0) is 72.8 Å². The summed E-state index contributed by atoms with van der Waals surface area (Å²) in [4.78, 5) is 39.9.